The number of benzene rings is 1. The van der Waals surface area contributed by atoms with Crippen LogP contribution in [0.5, 0.6) is 11.5 Å². The third kappa shape index (κ3) is 6.62. The Kier molecular flexibility index (Phi) is 10.7. The third-order valence-corrected chi connectivity index (χ3v) is 4.32. The summed E-state index contributed by atoms with van der Waals surface area (Å²) < 4.78 is 15.9. The van der Waals surface area contributed by atoms with Crippen molar-refractivity contribution in [2.45, 2.75) is 40.2 Å². The third-order valence-electron chi connectivity index (χ3n) is 4.32. The van der Waals surface area contributed by atoms with Crippen molar-refractivity contribution >= 4 is 28.6 Å². The average molecular weight is 422 g/mol. The first-order chi connectivity index (χ1) is 14.4. The molecule has 1 unspecified atom stereocenters. The summed E-state index contributed by atoms with van der Waals surface area (Å²) in [6.07, 6.45) is 0.284. The molecule has 3 N–H and O–H groups in total. The van der Waals surface area contributed by atoms with E-state index in [1.54, 1.807) is 33.3 Å². The van der Waals surface area contributed by atoms with E-state index in [4.69, 9.17) is 19.9 Å². The summed E-state index contributed by atoms with van der Waals surface area (Å²) >= 11 is 0. The Labute approximate surface area is 178 Å². The second-order valence-electron chi connectivity index (χ2n) is 6.30. The first-order valence-corrected chi connectivity index (χ1v) is 10.2. The van der Waals surface area contributed by atoms with Crippen molar-refractivity contribution in [3.63, 3.8) is 0 Å². The fourth-order valence-corrected chi connectivity index (χ4v) is 2.73. The Morgan fingerprint density at radius 1 is 1.20 bits per heavy atom. The summed E-state index contributed by atoms with van der Waals surface area (Å²) in [5.41, 5.74) is 6.79. The lowest BCUT2D eigenvalue weighted by molar-refractivity contribution is -0.131. The molecule has 9 nitrogen and oxygen atoms in total. The molecule has 2 aromatic rings. The summed E-state index contributed by atoms with van der Waals surface area (Å²) in [5, 5.41) is 3.56. The zero-order chi connectivity index (χ0) is 22.7. The van der Waals surface area contributed by atoms with Crippen LogP contribution >= 0.6 is 0 Å². The van der Waals surface area contributed by atoms with Crippen molar-refractivity contribution in [1.29, 1.82) is 0 Å². The van der Waals surface area contributed by atoms with E-state index in [1.165, 1.54) is 0 Å². The van der Waals surface area contributed by atoms with Crippen molar-refractivity contribution in [2.75, 3.05) is 51.6 Å². The van der Waals surface area contributed by atoms with Gasteiger partial charge in [0.1, 0.15) is 11.9 Å². The number of aromatic nitrogens is 2. The molecule has 0 aliphatic carbocycles. The maximum Gasteiger partial charge on any atom is 0.248 e. The number of nitrogen functional groups attached to an aromatic ring is 1. The fraction of sp³-hybridized carbons (Fsp3) is 0.571. The van der Waals surface area contributed by atoms with Crippen LogP contribution in [0.3, 0.4) is 0 Å². The number of nitrogens with two attached hydrogens (primary N) is 1. The molecule has 0 aliphatic heterocycles. The van der Waals surface area contributed by atoms with Gasteiger partial charge in [0.15, 0.2) is 11.5 Å². The predicted molar refractivity (Wildman–Crippen MR) is 120 cm³/mol. The first-order valence-electron chi connectivity index (χ1n) is 10.2. The molecule has 0 fully saturated rings. The first kappa shape index (κ1) is 25.2. The Bertz CT molecular complexity index is 816. The van der Waals surface area contributed by atoms with Gasteiger partial charge in [0, 0.05) is 38.2 Å². The summed E-state index contributed by atoms with van der Waals surface area (Å²) in [4.78, 5) is 22.7. The van der Waals surface area contributed by atoms with Gasteiger partial charge in [-0.2, -0.15) is 4.98 Å². The number of anilines is 2. The molecule has 1 atom stereocenters. The van der Waals surface area contributed by atoms with Crippen LogP contribution in [-0.2, 0) is 9.53 Å². The standard InChI is InChI=1S/C19H29N5O4.C2H6/c1-6-28-12(2)18(25)21-8-7-9-24(3)19-22-14-11-16(27-5)15(26-4)10-13(14)17(20)23-19;1-2/h10-12H,6-9H2,1-5H3,(H,21,25)(H2,20,22,23);1-2H3. The second kappa shape index (κ2) is 12.7. The van der Waals surface area contributed by atoms with E-state index in [1.807, 2.05) is 32.7 Å². The highest BCUT2D eigenvalue weighted by atomic mass is 16.5. The minimum atomic E-state index is -0.446. The number of hydrogen-bond acceptors (Lipinski definition) is 8. The topological polar surface area (TPSA) is 112 Å². The molecule has 1 aromatic carbocycles. The van der Waals surface area contributed by atoms with Crippen molar-refractivity contribution in [3.8, 4) is 11.5 Å². The van der Waals surface area contributed by atoms with Crippen LogP contribution in [0.1, 0.15) is 34.1 Å². The van der Waals surface area contributed by atoms with Crippen LogP contribution in [0.4, 0.5) is 11.8 Å². The van der Waals surface area contributed by atoms with Crippen LogP contribution < -0.4 is 25.4 Å². The number of ether oxygens (including phenoxy) is 3. The number of hydrogen-bond donors (Lipinski definition) is 2. The van der Waals surface area contributed by atoms with E-state index in [9.17, 15) is 4.79 Å². The number of rotatable bonds is 10. The van der Waals surface area contributed by atoms with E-state index in [-0.39, 0.29) is 5.91 Å². The molecule has 0 spiro atoms. The van der Waals surface area contributed by atoms with E-state index in [0.29, 0.717) is 53.9 Å². The molecule has 30 heavy (non-hydrogen) atoms. The van der Waals surface area contributed by atoms with Crippen LogP contribution in [0.2, 0.25) is 0 Å². The Hall–Kier alpha value is -2.81. The number of carbonyl (C=O) groups is 1. The van der Waals surface area contributed by atoms with Gasteiger partial charge in [-0.05, 0) is 26.3 Å². The molecule has 1 amide bonds. The van der Waals surface area contributed by atoms with Crippen molar-refractivity contribution in [1.82, 2.24) is 15.3 Å². The molecule has 2 rings (SSSR count). The number of nitrogens with zero attached hydrogens (tertiary/aromatic N) is 3. The highest BCUT2D eigenvalue weighted by molar-refractivity contribution is 5.91. The summed E-state index contributed by atoms with van der Waals surface area (Å²) in [6.45, 7) is 9.30. The Morgan fingerprint density at radius 2 is 1.83 bits per heavy atom. The predicted octanol–water partition coefficient (Wildman–Crippen LogP) is 2.62. The second-order valence-corrected chi connectivity index (χ2v) is 6.30. The van der Waals surface area contributed by atoms with Gasteiger partial charge in [0.05, 0.1) is 19.7 Å². The van der Waals surface area contributed by atoms with Gasteiger partial charge >= 0.3 is 0 Å². The summed E-state index contributed by atoms with van der Waals surface area (Å²) in [7, 11) is 5.02. The van der Waals surface area contributed by atoms with Gasteiger partial charge in [0.25, 0.3) is 0 Å². The number of nitrogens with one attached hydrogen (secondary N) is 1. The van der Waals surface area contributed by atoms with Crippen LogP contribution in [0, 0.1) is 0 Å². The molecule has 0 bridgehead atoms. The van der Waals surface area contributed by atoms with Crippen molar-refractivity contribution in [2.24, 2.45) is 0 Å². The fourth-order valence-electron chi connectivity index (χ4n) is 2.73. The molecule has 0 saturated heterocycles. The van der Waals surface area contributed by atoms with Crippen molar-refractivity contribution < 1.29 is 19.0 Å². The number of amides is 1. The molecule has 0 aliphatic rings. The van der Waals surface area contributed by atoms with E-state index >= 15 is 0 Å². The molecule has 1 heterocycles. The van der Waals surface area contributed by atoms with Gasteiger partial charge < -0.3 is 30.2 Å². The van der Waals surface area contributed by atoms with Crippen LogP contribution in [-0.4, -0.2) is 62.9 Å². The summed E-state index contributed by atoms with van der Waals surface area (Å²) in [5.74, 6) is 1.91. The van der Waals surface area contributed by atoms with Crippen LogP contribution in [0.15, 0.2) is 12.1 Å². The Balaban J connectivity index is 0.00000218. The number of carbonyl (C=O) groups excluding carboxylic acids is 1. The molecule has 1 aromatic heterocycles. The van der Waals surface area contributed by atoms with Crippen LogP contribution in [0.25, 0.3) is 10.9 Å². The minimum absolute atomic E-state index is 0.114. The van der Waals surface area contributed by atoms with Gasteiger partial charge in [-0.15, -0.1) is 0 Å². The highest BCUT2D eigenvalue weighted by Gasteiger charge is 2.14. The van der Waals surface area contributed by atoms with Crippen molar-refractivity contribution in [3.05, 3.63) is 12.1 Å². The maximum absolute atomic E-state index is 11.8. The normalized spacial score (nSPS) is 11.3. The largest absolute Gasteiger partial charge is 0.493 e. The van der Waals surface area contributed by atoms with Gasteiger partial charge in [0.2, 0.25) is 11.9 Å². The van der Waals surface area contributed by atoms with E-state index in [0.717, 1.165) is 6.42 Å². The SMILES string of the molecule is CC.CCOC(C)C(=O)NCCCN(C)c1nc(N)c2cc(OC)c(OC)cc2n1. The quantitative estimate of drug-likeness (QED) is 0.563. The highest BCUT2D eigenvalue weighted by Crippen LogP contribution is 2.33. The molecule has 0 saturated carbocycles. The van der Waals surface area contributed by atoms with Gasteiger partial charge in [-0.1, -0.05) is 13.8 Å². The maximum atomic E-state index is 11.8. The monoisotopic (exact) mass is 421 g/mol. The minimum Gasteiger partial charge on any atom is -0.493 e. The number of methoxy groups -OCH3 is 2. The van der Waals surface area contributed by atoms with E-state index in [2.05, 4.69) is 15.3 Å². The average Bonchev–Trinajstić information content (AvgIpc) is 2.76. The number of fused-ring (bicyclic) bond motifs is 1. The Morgan fingerprint density at radius 3 is 2.43 bits per heavy atom. The molecule has 168 valence electrons. The molecular formula is C21H35N5O4. The molecule has 0 radical (unpaired) electrons. The molecule has 9 heteroatoms. The zero-order valence-electron chi connectivity index (χ0n) is 19.1. The summed E-state index contributed by atoms with van der Waals surface area (Å²) in [6, 6.07) is 3.54. The lowest BCUT2D eigenvalue weighted by Gasteiger charge is -2.19. The van der Waals surface area contributed by atoms with Gasteiger partial charge in [-0.3, -0.25) is 4.79 Å². The zero-order valence-corrected chi connectivity index (χ0v) is 19.1. The molecular weight excluding hydrogens is 386 g/mol. The lowest BCUT2D eigenvalue weighted by Crippen LogP contribution is -2.36. The lowest BCUT2D eigenvalue weighted by atomic mass is 10.2. The smallest absolute Gasteiger partial charge is 0.248 e. The van der Waals surface area contributed by atoms with E-state index < -0.39 is 6.10 Å². The van der Waals surface area contributed by atoms with Gasteiger partial charge in [-0.25, -0.2) is 4.98 Å².